The highest BCUT2D eigenvalue weighted by atomic mass is 32.1. The summed E-state index contributed by atoms with van der Waals surface area (Å²) in [6, 6.07) is 13.2. The van der Waals surface area contributed by atoms with Crippen LogP contribution in [0.2, 0.25) is 0 Å². The van der Waals surface area contributed by atoms with Gasteiger partial charge in [0, 0.05) is 30.6 Å². The first-order valence-electron chi connectivity index (χ1n) is 8.88. The summed E-state index contributed by atoms with van der Waals surface area (Å²) in [6.45, 7) is 3.88. The lowest BCUT2D eigenvalue weighted by Crippen LogP contribution is -2.22. The molecule has 144 valence electrons. The van der Waals surface area contributed by atoms with Crippen LogP contribution in [0.1, 0.15) is 27.2 Å². The highest BCUT2D eigenvalue weighted by Crippen LogP contribution is 2.25. The van der Waals surface area contributed by atoms with Crippen molar-refractivity contribution in [3.63, 3.8) is 0 Å². The molecule has 1 aromatic heterocycles. The Kier molecular flexibility index (Phi) is 5.90. The molecular formula is C22H22N2O3S. The number of amides is 1. The second kappa shape index (κ2) is 8.35. The van der Waals surface area contributed by atoms with Gasteiger partial charge in [-0.25, -0.2) is 4.98 Å². The predicted molar refractivity (Wildman–Crippen MR) is 111 cm³/mol. The Balaban J connectivity index is 1.70. The van der Waals surface area contributed by atoms with Gasteiger partial charge < -0.3 is 9.64 Å². The van der Waals surface area contributed by atoms with Gasteiger partial charge in [-0.15, -0.1) is 11.3 Å². The highest BCUT2D eigenvalue weighted by Gasteiger charge is 2.15. The van der Waals surface area contributed by atoms with E-state index in [9.17, 15) is 9.59 Å². The first-order chi connectivity index (χ1) is 13.3. The molecule has 0 saturated carbocycles. The molecule has 0 aliphatic rings. The second-order valence-corrected chi connectivity index (χ2v) is 7.70. The Labute approximate surface area is 168 Å². The minimum atomic E-state index is -0.404. The van der Waals surface area contributed by atoms with Crippen molar-refractivity contribution in [3.05, 3.63) is 70.2 Å². The number of aromatic nitrogens is 1. The third kappa shape index (κ3) is 4.64. The third-order valence-corrected chi connectivity index (χ3v) is 5.18. The molecule has 3 aromatic rings. The van der Waals surface area contributed by atoms with Crippen molar-refractivity contribution in [2.24, 2.45) is 0 Å². The van der Waals surface area contributed by atoms with Crippen LogP contribution in [0.15, 0.2) is 47.8 Å². The van der Waals surface area contributed by atoms with Crippen LogP contribution in [0.5, 0.6) is 5.75 Å². The van der Waals surface area contributed by atoms with Crippen LogP contribution in [0.3, 0.4) is 0 Å². The van der Waals surface area contributed by atoms with E-state index >= 15 is 0 Å². The molecule has 2 aromatic carbocycles. The molecular weight excluding hydrogens is 372 g/mol. The van der Waals surface area contributed by atoms with Crippen LogP contribution in [-0.2, 0) is 11.2 Å². The average Bonchev–Trinajstić information content (AvgIpc) is 3.11. The van der Waals surface area contributed by atoms with Crippen molar-refractivity contribution in [2.75, 3.05) is 14.1 Å². The summed E-state index contributed by atoms with van der Waals surface area (Å²) < 4.78 is 5.51. The van der Waals surface area contributed by atoms with Gasteiger partial charge in [0.1, 0.15) is 10.8 Å². The lowest BCUT2D eigenvalue weighted by Gasteiger charge is -2.12. The highest BCUT2D eigenvalue weighted by molar-refractivity contribution is 7.13. The minimum Gasteiger partial charge on any atom is -0.426 e. The summed E-state index contributed by atoms with van der Waals surface area (Å²) in [5, 5.41) is 2.74. The van der Waals surface area contributed by atoms with Gasteiger partial charge in [-0.3, -0.25) is 9.59 Å². The maximum Gasteiger partial charge on any atom is 0.317 e. The summed E-state index contributed by atoms with van der Waals surface area (Å²) >= 11 is 1.50. The van der Waals surface area contributed by atoms with Gasteiger partial charge in [-0.1, -0.05) is 35.9 Å². The maximum atomic E-state index is 12.4. The van der Waals surface area contributed by atoms with E-state index in [-0.39, 0.29) is 12.3 Å². The third-order valence-electron chi connectivity index (χ3n) is 4.24. The largest absolute Gasteiger partial charge is 0.426 e. The fraction of sp³-hybridized carbons (Fsp3) is 0.227. The van der Waals surface area contributed by atoms with Crippen LogP contribution >= 0.6 is 11.3 Å². The number of carbonyl (C=O) groups excluding carboxylic acids is 2. The molecule has 0 unspecified atom stereocenters. The standard InChI is InChI=1S/C22H22N2O3S/c1-14-5-8-16(9-6-14)21-23-18(13-28-21)12-20(25)27-19-11-17(10-7-15(19)2)22(26)24(3)4/h5-11,13H,12H2,1-4H3. The van der Waals surface area contributed by atoms with Crippen molar-refractivity contribution in [1.29, 1.82) is 0 Å². The lowest BCUT2D eigenvalue weighted by molar-refractivity contribution is -0.133. The molecule has 0 bridgehead atoms. The fourth-order valence-electron chi connectivity index (χ4n) is 2.62. The van der Waals surface area contributed by atoms with Gasteiger partial charge in [0.05, 0.1) is 12.1 Å². The predicted octanol–water partition coefficient (Wildman–Crippen LogP) is 4.28. The van der Waals surface area contributed by atoms with Crippen molar-refractivity contribution >= 4 is 23.2 Å². The molecule has 0 atom stereocenters. The van der Waals surface area contributed by atoms with Crippen molar-refractivity contribution in [1.82, 2.24) is 9.88 Å². The monoisotopic (exact) mass is 394 g/mol. The Morgan fingerprint density at radius 1 is 1.07 bits per heavy atom. The molecule has 3 rings (SSSR count). The van der Waals surface area contributed by atoms with E-state index in [1.165, 1.54) is 21.8 Å². The summed E-state index contributed by atoms with van der Waals surface area (Å²) in [4.78, 5) is 30.5. The van der Waals surface area contributed by atoms with E-state index in [4.69, 9.17) is 4.74 Å². The first-order valence-corrected chi connectivity index (χ1v) is 9.76. The number of nitrogens with zero attached hydrogens (tertiary/aromatic N) is 2. The lowest BCUT2D eigenvalue weighted by atomic mass is 10.1. The normalized spacial score (nSPS) is 10.6. The SMILES string of the molecule is Cc1ccc(-c2nc(CC(=O)Oc3cc(C(=O)N(C)C)ccc3C)cs2)cc1. The number of rotatable bonds is 5. The maximum absolute atomic E-state index is 12.4. The van der Waals surface area contributed by atoms with Gasteiger partial charge in [0.25, 0.3) is 5.91 Å². The molecule has 6 heteroatoms. The molecule has 0 saturated heterocycles. The molecule has 0 N–H and O–H groups in total. The summed E-state index contributed by atoms with van der Waals surface area (Å²) in [5.41, 5.74) is 4.16. The number of benzene rings is 2. The van der Waals surface area contributed by atoms with Crippen molar-refractivity contribution in [2.45, 2.75) is 20.3 Å². The van der Waals surface area contributed by atoms with E-state index in [0.29, 0.717) is 17.0 Å². The van der Waals surface area contributed by atoms with Crippen LogP contribution in [0.4, 0.5) is 0 Å². The number of aryl methyl sites for hydroxylation is 2. The molecule has 0 spiro atoms. The molecule has 5 nitrogen and oxygen atoms in total. The molecule has 0 radical (unpaired) electrons. The minimum absolute atomic E-state index is 0.0770. The van der Waals surface area contributed by atoms with Crippen LogP contribution in [0, 0.1) is 13.8 Å². The Hall–Kier alpha value is -2.99. The van der Waals surface area contributed by atoms with Gasteiger partial charge in [-0.2, -0.15) is 0 Å². The Morgan fingerprint density at radius 2 is 1.79 bits per heavy atom. The van der Waals surface area contributed by atoms with E-state index in [1.54, 1.807) is 32.3 Å². The van der Waals surface area contributed by atoms with Crippen LogP contribution in [0.25, 0.3) is 10.6 Å². The van der Waals surface area contributed by atoms with E-state index in [0.717, 1.165) is 16.1 Å². The number of carbonyl (C=O) groups is 2. The van der Waals surface area contributed by atoms with Crippen LogP contribution in [-0.4, -0.2) is 35.9 Å². The fourth-order valence-corrected chi connectivity index (χ4v) is 3.45. The summed E-state index contributed by atoms with van der Waals surface area (Å²) in [5.74, 6) is -0.149. The Morgan fingerprint density at radius 3 is 2.46 bits per heavy atom. The Bertz CT molecular complexity index is 1010. The van der Waals surface area contributed by atoms with Gasteiger partial charge in [0.15, 0.2) is 0 Å². The van der Waals surface area contributed by atoms with Crippen molar-refractivity contribution < 1.29 is 14.3 Å². The van der Waals surface area contributed by atoms with Crippen LogP contribution < -0.4 is 4.74 Å². The quantitative estimate of drug-likeness (QED) is 0.479. The van der Waals surface area contributed by atoms with Gasteiger partial charge in [0.2, 0.25) is 0 Å². The second-order valence-electron chi connectivity index (χ2n) is 6.84. The number of hydrogen-bond acceptors (Lipinski definition) is 5. The summed E-state index contributed by atoms with van der Waals surface area (Å²) in [7, 11) is 3.36. The first kappa shape index (κ1) is 19.8. The zero-order valence-corrected chi connectivity index (χ0v) is 17.2. The average molecular weight is 394 g/mol. The zero-order valence-electron chi connectivity index (χ0n) is 16.4. The van der Waals surface area contributed by atoms with E-state index in [1.807, 2.05) is 43.5 Å². The molecule has 28 heavy (non-hydrogen) atoms. The van der Waals surface area contributed by atoms with E-state index in [2.05, 4.69) is 4.98 Å². The van der Waals surface area contributed by atoms with Gasteiger partial charge >= 0.3 is 5.97 Å². The molecule has 0 aliphatic heterocycles. The zero-order chi connectivity index (χ0) is 20.3. The van der Waals surface area contributed by atoms with Crippen molar-refractivity contribution in [3.8, 4) is 16.3 Å². The number of ether oxygens (including phenoxy) is 1. The van der Waals surface area contributed by atoms with E-state index < -0.39 is 5.97 Å². The number of esters is 1. The smallest absolute Gasteiger partial charge is 0.317 e. The summed E-state index contributed by atoms with van der Waals surface area (Å²) in [6.07, 6.45) is 0.0770. The topological polar surface area (TPSA) is 59.5 Å². The molecule has 1 heterocycles. The molecule has 0 aliphatic carbocycles. The number of thiazole rings is 1. The van der Waals surface area contributed by atoms with Gasteiger partial charge in [-0.05, 0) is 31.5 Å². The molecule has 1 amide bonds. The molecule has 0 fully saturated rings. The number of hydrogen-bond donors (Lipinski definition) is 0.